The summed E-state index contributed by atoms with van der Waals surface area (Å²) < 4.78 is 11.5. The van der Waals surface area contributed by atoms with Crippen molar-refractivity contribution >= 4 is 15.9 Å². The number of benzene rings is 1. The van der Waals surface area contributed by atoms with Crippen molar-refractivity contribution < 1.29 is 9.47 Å². The molecule has 1 aromatic carbocycles. The van der Waals surface area contributed by atoms with E-state index in [-0.39, 0.29) is 0 Å². The van der Waals surface area contributed by atoms with Gasteiger partial charge in [-0.3, -0.25) is 0 Å². The lowest BCUT2D eigenvalue weighted by Gasteiger charge is -2.09. The number of nitrogens with zero attached hydrogens (tertiary/aromatic N) is 2. The molecule has 4 nitrogen and oxygen atoms in total. The molecule has 0 atom stereocenters. The highest BCUT2D eigenvalue weighted by Gasteiger charge is 2.05. The highest BCUT2D eigenvalue weighted by molar-refractivity contribution is 9.10. The molecule has 1 heterocycles. The first-order chi connectivity index (χ1) is 9.24. The molecule has 0 bridgehead atoms. The number of ether oxygens (including phenoxy) is 2. The molecule has 96 valence electrons. The maximum Gasteiger partial charge on any atom is 0.152 e. The van der Waals surface area contributed by atoms with Gasteiger partial charge in [-0.1, -0.05) is 6.07 Å². The number of hydrogen-bond acceptors (Lipinski definition) is 4. The summed E-state index contributed by atoms with van der Waals surface area (Å²) in [6.07, 6.45) is 1.68. The molecule has 2 aromatic rings. The minimum absolute atomic E-state index is 0.381. The molecule has 0 N–H and O–H groups in total. The van der Waals surface area contributed by atoms with Crippen LogP contribution in [0, 0.1) is 11.3 Å². The molecule has 0 saturated heterocycles. The second kappa shape index (κ2) is 6.21. The van der Waals surface area contributed by atoms with E-state index >= 15 is 0 Å². The van der Waals surface area contributed by atoms with Gasteiger partial charge in [-0.25, -0.2) is 4.98 Å². The van der Waals surface area contributed by atoms with Crippen LogP contribution in [-0.4, -0.2) is 12.1 Å². The lowest BCUT2D eigenvalue weighted by atomic mass is 10.1. The molecule has 19 heavy (non-hydrogen) atoms. The molecule has 5 heteroatoms. The third-order valence-corrected chi connectivity index (χ3v) is 3.10. The molecule has 0 saturated carbocycles. The van der Waals surface area contributed by atoms with Crippen LogP contribution in [0.3, 0.4) is 0 Å². The highest BCUT2D eigenvalue weighted by Crippen LogP contribution is 2.24. The van der Waals surface area contributed by atoms with Crippen molar-refractivity contribution in [2.45, 2.75) is 6.61 Å². The maximum atomic E-state index is 8.91. The van der Waals surface area contributed by atoms with Gasteiger partial charge in [0.15, 0.2) is 5.75 Å². The molecule has 1 aromatic heterocycles. The summed E-state index contributed by atoms with van der Waals surface area (Å²) in [5.41, 5.74) is 1.43. The zero-order chi connectivity index (χ0) is 13.7. The van der Waals surface area contributed by atoms with Crippen LogP contribution >= 0.6 is 15.9 Å². The van der Waals surface area contributed by atoms with Crippen LogP contribution < -0.4 is 9.47 Å². The molecule has 0 fully saturated rings. The smallest absolute Gasteiger partial charge is 0.152 e. The van der Waals surface area contributed by atoms with E-state index in [0.717, 1.165) is 5.56 Å². The van der Waals surface area contributed by atoms with Gasteiger partial charge in [-0.2, -0.15) is 5.26 Å². The van der Waals surface area contributed by atoms with Gasteiger partial charge >= 0.3 is 0 Å². The Morgan fingerprint density at radius 1 is 1.32 bits per heavy atom. The molecule has 0 aliphatic rings. The molecule has 0 radical (unpaired) electrons. The van der Waals surface area contributed by atoms with Crippen molar-refractivity contribution in [2.24, 2.45) is 0 Å². The van der Waals surface area contributed by atoms with E-state index in [1.165, 1.54) is 0 Å². The number of pyridine rings is 1. The van der Waals surface area contributed by atoms with Crippen molar-refractivity contribution in [3.8, 4) is 17.6 Å². The molecular formula is C14H11BrN2O2. The molecule has 0 spiro atoms. The van der Waals surface area contributed by atoms with Crippen molar-refractivity contribution in [1.82, 2.24) is 4.98 Å². The SMILES string of the molecule is COc1cc(COc2cccnc2Br)ccc1C#N. The Balaban J connectivity index is 2.13. The first-order valence-electron chi connectivity index (χ1n) is 5.55. The molecule has 0 aliphatic carbocycles. The lowest BCUT2D eigenvalue weighted by Crippen LogP contribution is -1.98. The lowest BCUT2D eigenvalue weighted by molar-refractivity contribution is 0.301. The van der Waals surface area contributed by atoms with Crippen LogP contribution in [0.25, 0.3) is 0 Å². The maximum absolute atomic E-state index is 8.91. The summed E-state index contributed by atoms with van der Waals surface area (Å²) >= 11 is 3.32. The Bertz CT molecular complexity index is 623. The Morgan fingerprint density at radius 3 is 2.84 bits per heavy atom. The summed E-state index contributed by atoms with van der Waals surface area (Å²) in [6, 6.07) is 11.1. The van der Waals surface area contributed by atoms with E-state index in [9.17, 15) is 0 Å². The highest BCUT2D eigenvalue weighted by atomic mass is 79.9. The topological polar surface area (TPSA) is 55.1 Å². The number of rotatable bonds is 4. The van der Waals surface area contributed by atoms with E-state index in [1.54, 1.807) is 31.5 Å². The Hall–Kier alpha value is -2.06. The molecule has 2 rings (SSSR count). The third kappa shape index (κ3) is 3.24. The van der Waals surface area contributed by atoms with Gasteiger partial charge in [0, 0.05) is 6.20 Å². The predicted octanol–water partition coefficient (Wildman–Crippen LogP) is 3.30. The van der Waals surface area contributed by atoms with Gasteiger partial charge in [-0.15, -0.1) is 0 Å². The zero-order valence-corrected chi connectivity index (χ0v) is 11.8. The van der Waals surface area contributed by atoms with Crippen LogP contribution in [0.4, 0.5) is 0 Å². The second-order valence-corrected chi connectivity index (χ2v) is 4.48. The summed E-state index contributed by atoms with van der Waals surface area (Å²) in [7, 11) is 1.54. The number of methoxy groups -OCH3 is 1. The number of halogens is 1. The first kappa shape index (κ1) is 13.4. The predicted molar refractivity (Wildman–Crippen MR) is 74.0 cm³/mol. The Morgan fingerprint density at radius 2 is 2.16 bits per heavy atom. The summed E-state index contributed by atoms with van der Waals surface area (Å²) in [4.78, 5) is 4.08. The van der Waals surface area contributed by atoms with Gasteiger partial charge in [0.25, 0.3) is 0 Å². The van der Waals surface area contributed by atoms with Crippen molar-refractivity contribution in [2.75, 3.05) is 7.11 Å². The Labute approximate surface area is 119 Å². The largest absolute Gasteiger partial charge is 0.495 e. The number of hydrogen-bond donors (Lipinski definition) is 0. The molecular weight excluding hydrogens is 308 g/mol. The molecule has 0 amide bonds. The minimum Gasteiger partial charge on any atom is -0.495 e. The average Bonchev–Trinajstić information content (AvgIpc) is 2.46. The fourth-order valence-corrected chi connectivity index (χ4v) is 1.92. The van der Waals surface area contributed by atoms with Crippen LogP contribution in [0.2, 0.25) is 0 Å². The normalized spacial score (nSPS) is 9.74. The van der Waals surface area contributed by atoms with Gasteiger partial charge in [-0.05, 0) is 45.8 Å². The number of nitriles is 1. The van der Waals surface area contributed by atoms with Gasteiger partial charge in [0.05, 0.1) is 12.7 Å². The quantitative estimate of drug-likeness (QED) is 0.811. The van der Waals surface area contributed by atoms with Crippen LogP contribution in [0.15, 0.2) is 41.1 Å². The van der Waals surface area contributed by atoms with E-state index < -0.39 is 0 Å². The monoisotopic (exact) mass is 318 g/mol. The third-order valence-electron chi connectivity index (χ3n) is 2.51. The van der Waals surface area contributed by atoms with Crippen LogP contribution in [0.1, 0.15) is 11.1 Å². The van der Waals surface area contributed by atoms with E-state index in [0.29, 0.717) is 28.3 Å². The molecule has 0 unspecified atom stereocenters. The van der Waals surface area contributed by atoms with Crippen LogP contribution in [0.5, 0.6) is 11.5 Å². The van der Waals surface area contributed by atoms with Gasteiger partial charge < -0.3 is 9.47 Å². The molecule has 0 aliphatic heterocycles. The average molecular weight is 319 g/mol. The standard InChI is InChI=1S/C14H11BrN2O2/c1-18-13-7-10(4-5-11(13)8-16)9-19-12-3-2-6-17-14(12)15/h2-7H,9H2,1H3. The Kier molecular flexibility index (Phi) is 4.37. The summed E-state index contributed by atoms with van der Waals surface area (Å²) in [5, 5.41) is 8.91. The van der Waals surface area contributed by atoms with Gasteiger partial charge in [0.1, 0.15) is 23.0 Å². The summed E-state index contributed by atoms with van der Waals surface area (Å²) in [5.74, 6) is 1.22. The van der Waals surface area contributed by atoms with E-state index in [2.05, 4.69) is 27.0 Å². The van der Waals surface area contributed by atoms with Gasteiger partial charge in [0.2, 0.25) is 0 Å². The van der Waals surface area contributed by atoms with E-state index in [4.69, 9.17) is 14.7 Å². The fraction of sp³-hybridized carbons (Fsp3) is 0.143. The van der Waals surface area contributed by atoms with Crippen molar-refractivity contribution in [3.05, 3.63) is 52.3 Å². The second-order valence-electron chi connectivity index (χ2n) is 3.73. The van der Waals surface area contributed by atoms with Crippen molar-refractivity contribution in [1.29, 1.82) is 5.26 Å². The van der Waals surface area contributed by atoms with E-state index in [1.807, 2.05) is 12.1 Å². The first-order valence-corrected chi connectivity index (χ1v) is 6.34. The van der Waals surface area contributed by atoms with Crippen molar-refractivity contribution in [3.63, 3.8) is 0 Å². The van der Waals surface area contributed by atoms with Crippen LogP contribution in [-0.2, 0) is 6.61 Å². The summed E-state index contributed by atoms with van der Waals surface area (Å²) in [6.45, 7) is 0.381. The minimum atomic E-state index is 0.381. The zero-order valence-electron chi connectivity index (χ0n) is 10.3. The fourth-order valence-electron chi connectivity index (χ4n) is 1.56. The number of aromatic nitrogens is 1.